The third-order valence-electron chi connectivity index (χ3n) is 2.59. The highest BCUT2D eigenvalue weighted by molar-refractivity contribution is 9.10. The molecular formula is C12H12BrCl2N3. The number of hydrogen-bond donors (Lipinski definition) is 0. The van der Waals surface area contributed by atoms with Gasteiger partial charge in [0, 0.05) is 16.1 Å². The Labute approximate surface area is 124 Å². The number of rotatable bonds is 3. The van der Waals surface area contributed by atoms with Crippen LogP contribution in [0, 0.1) is 0 Å². The molecule has 6 heteroatoms. The first-order valence-electron chi connectivity index (χ1n) is 5.50. The summed E-state index contributed by atoms with van der Waals surface area (Å²) in [4.78, 5) is 0. The summed E-state index contributed by atoms with van der Waals surface area (Å²) in [5.41, 5.74) is 0.851. The van der Waals surface area contributed by atoms with E-state index in [9.17, 15) is 0 Å². The number of hydrogen-bond acceptors (Lipinski definition) is 2. The topological polar surface area (TPSA) is 30.7 Å². The van der Waals surface area contributed by atoms with E-state index >= 15 is 0 Å². The number of nitrogens with zero attached hydrogens (tertiary/aromatic N) is 3. The van der Waals surface area contributed by atoms with Crippen LogP contribution in [0.1, 0.15) is 25.7 Å². The molecule has 0 bridgehead atoms. The van der Waals surface area contributed by atoms with E-state index in [1.165, 1.54) is 0 Å². The van der Waals surface area contributed by atoms with Gasteiger partial charge in [0.1, 0.15) is 5.82 Å². The Morgan fingerprint density at radius 1 is 1.33 bits per heavy atom. The van der Waals surface area contributed by atoms with E-state index in [1.807, 2.05) is 22.8 Å². The van der Waals surface area contributed by atoms with Crippen molar-refractivity contribution in [3.05, 3.63) is 33.5 Å². The van der Waals surface area contributed by atoms with E-state index in [-0.39, 0.29) is 6.04 Å². The summed E-state index contributed by atoms with van der Waals surface area (Å²) in [5, 5.41) is 8.95. The maximum atomic E-state index is 6.30. The van der Waals surface area contributed by atoms with Crippen molar-refractivity contribution < 1.29 is 0 Å². The van der Waals surface area contributed by atoms with Crippen LogP contribution in [0.4, 0.5) is 0 Å². The zero-order chi connectivity index (χ0) is 13.3. The molecule has 0 aliphatic heterocycles. The molecule has 2 rings (SSSR count). The molecule has 1 aromatic carbocycles. The Hall–Kier alpha value is -0.580. The van der Waals surface area contributed by atoms with Gasteiger partial charge in [-0.05, 0) is 41.9 Å². The lowest BCUT2D eigenvalue weighted by atomic mass is 10.2. The molecule has 18 heavy (non-hydrogen) atoms. The largest absolute Gasteiger partial charge is 0.307 e. The molecule has 0 N–H and O–H groups in total. The minimum atomic E-state index is 0.221. The van der Waals surface area contributed by atoms with Gasteiger partial charge in [0.05, 0.1) is 10.9 Å². The minimum Gasteiger partial charge on any atom is -0.307 e. The van der Waals surface area contributed by atoms with Gasteiger partial charge >= 0.3 is 0 Å². The average molecular weight is 349 g/mol. The highest BCUT2D eigenvalue weighted by Gasteiger charge is 2.18. The maximum Gasteiger partial charge on any atom is 0.165 e. The van der Waals surface area contributed by atoms with Crippen molar-refractivity contribution in [3.8, 4) is 11.4 Å². The molecule has 0 unspecified atom stereocenters. The molecule has 0 atom stereocenters. The second-order valence-corrected chi connectivity index (χ2v) is 5.64. The summed E-state index contributed by atoms with van der Waals surface area (Å²) in [6.45, 7) is 4.13. The van der Waals surface area contributed by atoms with Crippen LogP contribution in [-0.2, 0) is 5.88 Å². The first-order chi connectivity index (χ1) is 8.56. The Bertz CT molecular complexity index is 566. The molecule has 0 spiro atoms. The SMILES string of the molecule is CC(C)n1c(CCl)nnc1-c1cccc(Br)c1Cl. The van der Waals surface area contributed by atoms with Crippen molar-refractivity contribution >= 4 is 39.1 Å². The zero-order valence-electron chi connectivity index (χ0n) is 9.99. The number of halogens is 3. The van der Waals surface area contributed by atoms with E-state index < -0.39 is 0 Å². The highest BCUT2D eigenvalue weighted by Crippen LogP contribution is 2.34. The Kier molecular flexibility index (Phi) is 4.30. The predicted molar refractivity (Wildman–Crippen MR) is 78.1 cm³/mol. The molecule has 0 saturated heterocycles. The van der Waals surface area contributed by atoms with Gasteiger partial charge < -0.3 is 4.57 Å². The first-order valence-corrected chi connectivity index (χ1v) is 7.21. The van der Waals surface area contributed by atoms with E-state index in [0.29, 0.717) is 10.9 Å². The molecule has 2 aromatic rings. The zero-order valence-corrected chi connectivity index (χ0v) is 13.1. The Morgan fingerprint density at radius 2 is 2.06 bits per heavy atom. The number of benzene rings is 1. The molecule has 0 aliphatic rings. The van der Waals surface area contributed by atoms with Crippen molar-refractivity contribution in [2.24, 2.45) is 0 Å². The van der Waals surface area contributed by atoms with Gasteiger partial charge in [-0.15, -0.1) is 21.8 Å². The second kappa shape index (κ2) is 5.59. The van der Waals surface area contributed by atoms with E-state index in [1.54, 1.807) is 0 Å². The summed E-state index contributed by atoms with van der Waals surface area (Å²) < 4.78 is 2.84. The predicted octanol–water partition coefficient (Wildman–Crippen LogP) is 4.68. The third-order valence-corrected chi connectivity index (χ3v) is 4.13. The molecule has 0 saturated carbocycles. The lowest BCUT2D eigenvalue weighted by Crippen LogP contribution is -2.07. The lowest BCUT2D eigenvalue weighted by Gasteiger charge is -2.14. The summed E-state index contributed by atoms with van der Waals surface area (Å²) in [6, 6.07) is 5.96. The molecule has 0 aliphatic carbocycles. The van der Waals surface area contributed by atoms with Gasteiger partial charge in [0.2, 0.25) is 0 Å². The quantitative estimate of drug-likeness (QED) is 0.754. The van der Waals surface area contributed by atoms with Crippen LogP contribution in [0.15, 0.2) is 22.7 Å². The molecule has 96 valence electrons. The van der Waals surface area contributed by atoms with Crippen LogP contribution >= 0.6 is 39.1 Å². The van der Waals surface area contributed by atoms with Gasteiger partial charge in [0.25, 0.3) is 0 Å². The monoisotopic (exact) mass is 347 g/mol. The van der Waals surface area contributed by atoms with Gasteiger partial charge in [-0.2, -0.15) is 0 Å². The van der Waals surface area contributed by atoms with Crippen LogP contribution < -0.4 is 0 Å². The third kappa shape index (κ3) is 2.42. The summed E-state index contributed by atoms with van der Waals surface area (Å²) in [7, 11) is 0. The summed E-state index contributed by atoms with van der Waals surface area (Å²) in [5.74, 6) is 1.82. The van der Waals surface area contributed by atoms with Crippen molar-refractivity contribution in [1.82, 2.24) is 14.8 Å². The normalized spacial score (nSPS) is 11.2. The van der Waals surface area contributed by atoms with Crippen molar-refractivity contribution in [2.75, 3.05) is 0 Å². The maximum absolute atomic E-state index is 6.30. The molecule has 0 fully saturated rings. The lowest BCUT2D eigenvalue weighted by molar-refractivity contribution is 0.585. The fourth-order valence-electron chi connectivity index (χ4n) is 1.82. The summed E-state index contributed by atoms with van der Waals surface area (Å²) in [6.07, 6.45) is 0. The van der Waals surface area contributed by atoms with Gasteiger partial charge in [-0.1, -0.05) is 17.7 Å². The fourth-order valence-corrected chi connectivity index (χ4v) is 2.58. The highest BCUT2D eigenvalue weighted by atomic mass is 79.9. The van der Waals surface area contributed by atoms with Crippen molar-refractivity contribution in [2.45, 2.75) is 25.8 Å². The smallest absolute Gasteiger partial charge is 0.165 e. The van der Waals surface area contributed by atoms with Crippen LogP contribution in [0.25, 0.3) is 11.4 Å². The minimum absolute atomic E-state index is 0.221. The molecule has 1 aromatic heterocycles. The number of alkyl halides is 1. The van der Waals surface area contributed by atoms with Crippen molar-refractivity contribution in [3.63, 3.8) is 0 Å². The van der Waals surface area contributed by atoms with Crippen molar-refractivity contribution in [1.29, 1.82) is 0 Å². The fraction of sp³-hybridized carbons (Fsp3) is 0.333. The van der Waals surface area contributed by atoms with Crippen LogP contribution in [0.2, 0.25) is 5.02 Å². The van der Waals surface area contributed by atoms with Gasteiger partial charge in [-0.25, -0.2) is 0 Å². The molecule has 0 amide bonds. The van der Waals surface area contributed by atoms with Gasteiger partial charge in [0.15, 0.2) is 5.82 Å². The van der Waals surface area contributed by atoms with Gasteiger partial charge in [-0.3, -0.25) is 0 Å². The number of aromatic nitrogens is 3. The summed E-state index contributed by atoms with van der Waals surface area (Å²) >= 11 is 15.6. The first kappa shape index (κ1) is 13.8. The van der Waals surface area contributed by atoms with Crippen LogP contribution in [0.3, 0.4) is 0 Å². The van der Waals surface area contributed by atoms with Crippen LogP contribution in [-0.4, -0.2) is 14.8 Å². The Morgan fingerprint density at radius 3 is 2.67 bits per heavy atom. The van der Waals surface area contributed by atoms with E-state index in [4.69, 9.17) is 23.2 Å². The van der Waals surface area contributed by atoms with Crippen LogP contribution in [0.5, 0.6) is 0 Å². The molecule has 0 radical (unpaired) electrons. The molecule has 1 heterocycles. The van der Waals surface area contributed by atoms with E-state index in [2.05, 4.69) is 40.0 Å². The molecular weight excluding hydrogens is 337 g/mol. The average Bonchev–Trinajstić information content (AvgIpc) is 2.76. The standard InChI is InChI=1S/C12H12BrCl2N3/c1-7(2)18-10(6-14)16-17-12(18)8-4-3-5-9(13)11(8)15/h3-5,7H,6H2,1-2H3. The Balaban J connectivity index is 2.64. The van der Waals surface area contributed by atoms with E-state index in [0.717, 1.165) is 21.7 Å². The second-order valence-electron chi connectivity index (χ2n) is 4.14. The molecule has 3 nitrogen and oxygen atoms in total.